The summed E-state index contributed by atoms with van der Waals surface area (Å²) in [6.45, 7) is -0.186. The van der Waals surface area contributed by atoms with Gasteiger partial charge in [0.15, 0.2) is 0 Å². The van der Waals surface area contributed by atoms with E-state index in [2.05, 4.69) is 5.32 Å². The summed E-state index contributed by atoms with van der Waals surface area (Å²) in [5.74, 6) is -0.698. The maximum Gasteiger partial charge on any atom is 0.244 e. The van der Waals surface area contributed by atoms with Crippen molar-refractivity contribution >= 4 is 23.4 Å². The fourth-order valence-corrected chi connectivity index (χ4v) is 3.50. The number of amides is 3. The summed E-state index contributed by atoms with van der Waals surface area (Å²) in [7, 11) is 0. The summed E-state index contributed by atoms with van der Waals surface area (Å²) in [5, 5.41) is 2.72. The molecule has 3 amide bonds. The van der Waals surface area contributed by atoms with E-state index >= 15 is 0 Å². The fraction of sp³-hybridized carbons (Fsp3) is 0.471. The summed E-state index contributed by atoms with van der Waals surface area (Å²) in [4.78, 5) is 38.0. The lowest BCUT2D eigenvalue weighted by molar-refractivity contribution is -0.144. The molecule has 1 aromatic carbocycles. The molecule has 1 N–H and O–H groups in total. The molecule has 1 spiro atoms. The lowest BCUT2D eigenvalue weighted by atomic mass is 9.73. The zero-order valence-corrected chi connectivity index (χ0v) is 12.5. The van der Waals surface area contributed by atoms with E-state index in [0.29, 0.717) is 5.69 Å². The largest absolute Gasteiger partial charge is 0.325 e. The number of para-hydroxylation sites is 1. The fourth-order valence-electron chi connectivity index (χ4n) is 3.50. The molecule has 1 heterocycles. The van der Waals surface area contributed by atoms with Crippen LogP contribution in [-0.2, 0) is 14.4 Å². The van der Waals surface area contributed by atoms with Gasteiger partial charge in [0.05, 0.1) is 5.41 Å². The van der Waals surface area contributed by atoms with Crippen molar-refractivity contribution in [3.63, 3.8) is 0 Å². The normalized spacial score (nSPS) is 20.5. The third-order valence-corrected chi connectivity index (χ3v) is 4.66. The van der Waals surface area contributed by atoms with E-state index in [4.69, 9.17) is 0 Å². The highest BCUT2D eigenvalue weighted by molar-refractivity contribution is 6.09. The van der Waals surface area contributed by atoms with Crippen LogP contribution in [0.4, 0.5) is 5.69 Å². The predicted molar refractivity (Wildman–Crippen MR) is 81.9 cm³/mol. The van der Waals surface area contributed by atoms with Crippen LogP contribution in [0.2, 0.25) is 0 Å². The Balaban J connectivity index is 1.66. The topological polar surface area (TPSA) is 66.5 Å². The molecule has 1 aliphatic carbocycles. The van der Waals surface area contributed by atoms with E-state index in [-0.39, 0.29) is 30.7 Å². The van der Waals surface area contributed by atoms with Gasteiger partial charge in [0, 0.05) is 12.1 Å². The molecule has 116 valence electrons. The average molecular weight is 300 g/mol. The van der Waals surface area contributed by atoms with Crippen LogP contribution in [0.25, 0.3) is 0 Å². The monoisotopic (exact) mass is 300 g/mol. The van der Waals surface area contributed by atoms with E-state index in [1.807, 2.05) is 18.2 Å². The molecule has 0 unspecified atom stereocenters. The van der Waals surface area contributed by atoms with Crippen LogP contribution in [0.3, 0.4) is 0 Å². The molecule has 2 fully saturated rings. The van der Waals surface area contributed by atoms with Gasteiger partial charge >= 0.3 is 0 Å². The van der Waals surface area contributed by atoms with E-state index in [0.717, 1.165) is 37.0 Å². The van der Waals surface area contributed by atoms with Gasteiger partial charge < -0.3 is 5.32 Å². The Kier molecular flexibility index (Phi) is 3.96. The maximum absolute atomic E-state index is 12.6. The van der Waals surface area contributed by atoms with Crippen LogP contribution in [0.15, 0.2) is 30.3 Å². The number of nitrogens with zero attached hydrogens (tertiary/aromatic N) is 1. The number of carbonyl (C=O) groups is 3. The van der Waals surface area contributed by atoms with Crippen LogP contribution in [0.1, 0.15) is 38.5 Å². The molecule has 2 aliphatic rings. The summed E-state index contributed by atoms with van der Waals surface area (Å²) < 4.78 is 0. The standard InChI is InChI=1S/C17H20N2O3/c20-14(18-13-7-3-1-4-8-13)12-19-15(21)11-17(16(19)22)9-5-2-6-10-17/h1,3-4,7-8H,2,5-6,9-12H2,(H,18,20). The first-order valence-corrected chi connectivity index (χ1v) is 7.80. The summed E-state index contributed by atoms with van der Waals surface area (Å²) in [6.07, 6.45) is 4.91. The molecule has 1 aromatic rings. The average Bonchev–Trinajstić information content (AvgIpc) is 2.73. The van der Waals surface area contributed by atoms with E-state index in [1.165, 1.54) is 0 Å². The number of hydrogen-bond acceptors (Lipinski definition) is 3. The number of anilines is 1. The van der Waals surface area contributed by atoms with Crippen LogP contribution in [0, 0.1) is 5.41 Å². The molecular formula is C17H20N2O3. The number of rotatable bonds is 3. The Hall–Kier alpha value is -2.17. The van der Waals surface area contributed by atoms with Gasteiger partial charge in [-0.25, -0.2) is 0 Å². The molecule has 0 radical (unpaired) electrons. The van der Waals surface area contributed by atoms with Gasteiger partial charge in [-0.15, -0.1) is 0 Å². The first-order valence-electron chi connectivity index (χ1n) is 7.80. The lowest BCUT2D eigenvalue weighted by Gasteiger charge is -2.30. The van der Waals surface area contributed by atoms with Crippen LogP contribution in [-0.4, -0.2) is 29.2 Å². The Labute approximate surface area is 129 Å². The minimum absolute atomic E-state index is 0.152. The summed E-state index contributed by atoms with van der Waals surface area (Å²) in [5.41, 5.74) is 0.140. The first kappa shape index (κ1) is 14.8. The van der Waals surface area contributed by atoms with Crippen molar-refractivity contribution in [2.75, 3.05) is 11.9 Å². The minimum atomic E-state index is -0.525. The van der Waals surface area contributed by atoms with Crippen molar-refractivity contribution in [3.8, 4) is 0 Å². The van der Waals surface area contributed by atoms with Gasteiger partial charge in [-0.2, -0.15) is 0 Å². The van der Waals surface area contributed by atoms with Gasteiger partial charge in [-0.05, 0) is 25.0 Å². The number of imide groups is 1. The second kappa shape index (κ2) is 5.91. The minimum Gasteiger partial charge on any atom is -0.325 e. The zero-order valence-electron chi connectivity index (χ0n) is 12.5. The van der Waals surface area contributed by atoms with Crippen molar-refractivity contribution in [2.24, 2.45) is 5.41 Å². The second-order valence-corrected chi connectivity index (χ2v) is 6.22. The second-order valence-electron chi connectivity index (χ2n) is 6.22. The van der Waals surface area contributed by atoms with E-state index in [9.17, 15) is 14.4 Å². The van der Waals surface area contributed by atoms with Gasteiger partial charge in [0.2, 0.25) is 17.7 Å². The van der Waals surface area contributed by atoms with E-state index < -0.39 is 5.41 Å². The number of carbonyl (C=O) groups excluding carboxylic acids is 3. The smallest absolute Gasteiger partial charge is 0.244 e. The van der Waals surface area contributed by atoms with Gasteiger partial charge in [0.1, 0.15) is 6.54 Å². The zero-order chi connectivity index (χ0) is 15.6. The Morgan fingerprint density at radius 3 is 2.45 bits per heavy atom. The number of hydrogen-bond donors (Lipinski definition) is 1. The first-order chi connectivity index (χ1) is 10.6. The Morgan fingerprint density at radius 1 is 1.09 bits per heavy atom. The molecule has 0 atom stereocenters. The Bertz CT molecular complexity index is 591. The summed E-state index contributed by atoms with van der Waals surface area (Å²) >= 11 is 0. The van der Waals surface area contributed by atoms with Crippen LogP contribution < -0.4 is 5.32 Å². The molecule has 5 nitrogen and oxygen atoms in total. The van der Waals surface area contributed by atoms with Crippen LogP contribution in [0.5, 0.6) is 0 Å². The highest BCUT2D eigenvalue weighted by atomic mass is 16.2. The Morgan fingerprint density at radius 2 is 1.77 bits per heavy atom. The van der Waals surface area contributed by atoms with Crippen LogP contribution >= 0.6 is 0 Å². The predicted octanol–water partition coefficient (Wildman–Crippen LogP) is 2.33. The quantitative estimate of drug-likeness (QED) is 0.871. The maximum atomic E-state index is 12.6. The molecular weight excluding hydrogens is 280 g/mol. The molecule has 0 bridgehead atoms. The molecule has 5 heteroatoms. The molecule has 0 aromatic heterocycles. The number of nitrogens with one attached hydrogen (secondary N) is 1. The van der Waals surface area contributed by atoms with Crippen molar-refractivity contribution < 1.29 is 14.4 Å². The third-order valence-electron chi connectivity index (χ3n) is 4.66. The number of likely N-dealkylation sites (tertiary alicyclic amines) is 1. The van der Waals surface area contributed by atoms with Gasteiger partial charge in [-0.3, -0.25) is 19.3 Å². The molecule has 3 rings (SSSR count). The third kappa shape index (κ3) is 2.75. The highest BCUT2D eigenvalue weighted by Crippen LogP contribution is 2.45. The van der Waals surface area contributed by atoms with Crippen molar-refractivity contribution in [2.45, 2.75) is 38.5 Å². The van der Waals surface area contributed by atoms with Crippen molar-refractivity contribution in [1.29, 1.82) is 0 Å². The molecule has 1 saturated heterocycles. The highest BCUT2D eigenvalue weighted by Gasteiger charge is 2.51. The SMILES string of the molecule is O=C(CN1C(=O)CC2(CCCCC2)C1=O)Nc1ccccc1. The molecule has 22 heavy (non-hydrogen) atoms. The lowest BCUT2D eigenvalue weighted by Crippen LogP contribution is -2.41. The van der Waals surface area contributed by atoms with E-state index in [1.54, 1.807) is 12.1 Å². The van der Waals surface area contributed by atoms with Crippen molar-refractivity contribution in [1.82, 2.24) is 4.90 Å². The van der Waals surface area contributed by atoms with Crippen molar-refractivity contribution in [3.05, 3.63) is 30.3 Å². The molecule has 1 aliphatic heterocycles. The summed E-state index contributed by atoms with van der Waals surface area (Å²) in [6, 6.07) is 9.04. The molecule has 1 saturated carbocycles. The van der Waals surface area contributed by atoms with Gasteiger partial charge in [-0.1, -0.05) is 37.5 Å². The number of benzene rings is 1. The van der Waals surface area contributed by atoms with Gasteiger partial charge in [0.25, 0.3) is 0 Å².